The molecule has 0 bridgehead atoms. The van der Waals surface area contributed by atoms with Crippen LogP contribution in [0.25, 0.3) is 11.1 Å². The fourth-order valence-electron chi connectivity index (χ4n) is 2.50. The Hall–Kier alpha value is -2.84. The number of benzene rings is 1. The number of alkyl halides is 2. The average molecular weight is 408 g/mol. The highest BCUT2D eigenvalue weighted by Gasteiger charge is 2.33. The number of hydrogen-bond donors (Lipinski definition) is 0. The molecule has 0 N–H and O–H groups in total. The average Bonchev–Trinajstić information content (AvgIpc) is 2.69. The van der Waals surface area contributed by atoms with E-state index in [9.17, 15) is 8.78 Å². The monoisotopic (exact) mass is 407 g/mol. The standard InChI is InChI=1S/C19H16ClF2N3O3/c1-26-10-19(21,22)17-6-4-13(8-24-17)28-18-15(9-23-11-25-18)14-7-12(20)3-5-16(14)27-2/h3-9,11H,10H2,1-2H3. The van der Waals surface area contributed by atoms with Gasteiger partial charge in [-0.3, -0.25) is 4.98 Å². The van der Waals surface area contributed by atoms with Crippen LogP contribution >= 0.6 is 11.6 Å². The molecule has 0 spiro atoms. The third kappa shape index (κ3) is 4.35. The van der Waals surface area contributed by atoms with Crippen LogP contribution in [0.5, 0.6) is 17.4 Å². The summed E-state index contributed by atoms with van der Waals surface area (Å²) in [4.78, 5) is 11.9. The Balaban J connectivity index is 1.92. The van der Waals surface area contributed by atoms with Gasteiger partial charge in [-0.1, -0.05) is 11.6 Å². The SMILES string of the molecule is COCC(F)(F)c1ccc(Oc2ncncc2-c2cc(Cl)ccc2OC)cn1. The van der Waals surface area contributed by atoms with Crippen LogP contribution in [0.2, 0.25) is 5.02 Å². The summed E-state index contributed by atoms with van der Waals surface area (Å²) in [5.74, 6) is -2.20. The van der Waals surface area contributed by atoms with Crippen molar-refractivity contribution in [3.05, 3.63) is 59.8 Å². The smallest absolute Gasteiger partial charge is 0.312 e. The summed E-state index contributed by atoms with van der Waals surface area (Å²) in [5.41, 5.74) is 0.735. The molecule has 2 aromatic heterocycles. The van der Waals surface area contributed by atoms with Crippen molar-refractivity contribution in [3.63, 3.8) is 0 Å². The first-order chi connectivity index (χ1) is 13.4. The van der Waals surface area contributed by atoms with Gasteiger partial charge < -0.3 is 14.2 Å². The molecule has 6 nitrogen and oxygen atoms in total. The van der Waals surface area contributed by atoms with Crippen molar-refractivity contribution in [2.24, 2.45) is 0 Å². The molecule has 0 aliphatic rings. The van der Waals surface area contributed by atoms with E-state index in [0.29, 0.717) is 21.9 Å². The highest BCUT2D eigenvalue weighted by atomic mass is 35.5. The van der Waals surface area contributed by atoms with Crippen molar-refractivity contribution in [3.8, 4) is 28.5 Å². The van der Waals surface area contributed by atoms with E-state index in [2.05, 4.69) is 19.7 Å². The first-order valence-electron chi connectivity index (χ1n) is 8.09. The Labute approximate surface area is 165 Å². The van der Waals surface area contributed by atoms with E-state index in [1.54, 1.807) is 24.4 Å². The van der Waals surface area contributed by atoms with E-state index in [-0.39, 0.29) is 11.6 Å². The van der Waals surface area contributed by atoms with Gasteiger partial charge in [0, 0.05) is 23.9 Å². The van der Waals surface area contributed by atoms with Crippen LogP contribution in [0.1, 0.15) is 5.69 Å². The zero-order valence-corrected chi connectivity index (χ0v) is 15.8. The van der Waals surface area contributed by atoms with Crippen molar-refractivity contribution in [2.45, 2.75) is 5.92 Å². The lowest BCUT2D eigenvalue weighted by molar-refractivity contribution is -0.0731. The summed E-state index contributed by atoms with van der Waals surface area (Å²) in [5, 5.41) is 0.497. The summed E-state index contributed by atoms with van der Waals surface area (Å²) >= 11 is 6.09. The minimum Gasteiger partial charge on any atom is -0.496 e. The number of aromatic nitrogens is 3. The predicted molar refractivity (Wildman–Crippen MR) is 99.1 cm³/mol. The molecular formula is C19H16ClF2N3O3. The van der Waals surface area contributed by atoms with Gasteiger partial charge in [0.15, 0.2) is 0 Å². The van der Waals surface area contributed by atoms with Gasteiger partial charge in [-0.25, -0.2) is 9.97 Å². The number of halogens is 3. The fourth-order valence-corrected chi connectivity index (χ4v) is 2.67. The predicted octanol–water partition coefficient (Wildman–Crippen LogP) is 4.73. The van der Waals surface area contributed by atoms with Gasteiger partial charge in [0.1, 0.15) is 30.1 Å². The Morgan fingerprint density at radius 3 is 2.54 bits per heavy atom. The Morgan fingerprint density at radius 1 is 1.04 bits per heavy atom. The zero-order valence-electron chi connectivity index (χ0n) is 15.0. The second-order valence-corrected chi connectivity index (χ2v) is 6.14. The Bertz CT molecular complexity index is 955. The van der Waals surface area contributed by atoms with Gasteiger partial charge in [0.05, 0.1) is 18.9 Å². The second kappa shape index (κ2) is 8.45. The van der Waals surface area contributed by atoms with Crippen LogP contribution in [0.3, 0.4) is 0 Å². The van der Waals surface area contributed by atoms with Crippen molar-refractivity contribution in [1.29, 1.82) is 0 Å². The number of methoxy groups -OCH3 is 2. The third-order valence-electron chi connectivity index (χ3n) is 3.78. The van der Waals surface area contributed by atoms with Crippen LogP contribution in [0.4, 0.5) is 8.78 Å². The van der Waals surface area contributed by atoms with Crippen molar-refractivity contribution >= 4 is 11.6 Å². The van der Waals surface area contributed by atoms with E-state index in [1.165, 1.54) is 38.9 Å². The topological polar surface area (TPSA) is 66.4 Å². The fraction of sp³-hybridized carbons (Fsp3) is 0.211. The minimum atomic E-state index is -3.19. The van der Waals surface area contributed by atoms with Crippen LogP contribution in [-0.4, -0.2) is 35.8 Å². The first-order valence-corrected chi connectivity index (χ1v) is 8.47. The van der Waals surface area contributed by atoms with Gasteiger partial charge in [0.2, 0.25) is 5.88 Å². The number of nitrogens with zero attached hydrogens (tertiary/aromatic N) is 3. The molecule has 2 heterocycles. The van der Waals surface area contributed by atoms with Gasteiger partial charge in [-0.15, -0.1) is 0 Å². The number of hydrogen-bond acceptors (Lipinski definition) is 6. The summed E-state index contributed by atoms with van der Waals surface area (Å²) in [7, 11) is 2.73. The lowest BCUT2D eigenvalue weighted by Crippen LogP contribution is -2.21. The molecule has 146 valence electrons. The van der Waals surface area contributed by atoms with Crippen molar-refractivity contribution < 1.29 is 23.0 Å². The molecule has 0 aliphatic heterocycles. The third-order valence-corrected chi connectivity index (χ3v) is 4.01. The molecular weight excluding hydrogens is 392 g/mol. The minimum absolute atomic E-state index is 0.203. The summed E-state index contributed by atoms with van der Waals surface area (Å²) in [6.07, 6.45) is 4.05. The van der Waals surface area contributed by atoms with Gasteiger partial charge in [-0.05, 0) is 30.3 Å². The van der Waals surface area contributed by atoms with Gasteiger partial charge in [-0.2, -0.15) is 8.78 Å². The quantitative estimate of drug-likeness (QED) is 0.564. The number of ether oxygens (including phenoxy) is 3. The summed E-state index contributed by atoms with van der Waals surface area (Å²) < 4.78 is 43.3. The summed E-state index contributed by atoms with van der Waals surface area (Å²) in [6, 6.07) is 7.65. The molecule has 3 aromatic rings. The highest BCUT2D eigenvalue weighted by Crippen LogP contribution is 2.38. The van der Waals surface area contributed by atoms with E-state index in [1.807, 2.05) is 0 Å². The van der Waals surface area contributed by atoms with E-state index in [0.717, 1.165) is 0 Å². The van der Waals surface area contributed by atoms with Crippen molar-refractivity contribution in [2.75, 3.05) is 20.8 Å². The molecule has 3 rings (SSSR count). The highest BCUT2D eigenvalue weighted by molar-refractivity contribution is 6.31. The second-order valence-electron chi connectivity index (χ2n) is 5.70. The van der Waals surface area contributed by atoms with Gasteiger partial charge >= 0.3 is 5.92 Å². The maximum atomic E-state index is 13.8. The van der Waals surface area contributed by atoms with Gasteiger partial charge in [0.25, 0.3) is 0 Å². The van der Waals surface area contributed by atoms with E-state index >= 15 is 0 Å². The van der Waals surface area contributed by atoms with Crippen molar-refractivity contribution in [1.82, 2.24) is 15.0 Å². The molecule has 0 aliphatic carbocycles. The van der Waals surface area contributed by atoms with Crippen LogP contribution in [0, 0.1) is 0 Å². The molecule has 0 saturated carbocycles. The molecule has 28 heavy (non-hydrogen) atoms. The Morgan fingerprint density at radius 2 is 1.86 bits per heavy atom. The van der Waals surface area contributed by atoms with E-state index < -0.39 is 18.2 Å². The zero-order chi connectivity index (χ0) is 20.1. The largest absolute Gasteiger partial charge is 0.496 e. The summed E-state index contributed by atoms with van der Waals surface area (Å²) in [6.45, 7) is -0.759. The van der Waals surface area contributed by atoms with Crippen LogP contribution in [-0.2, 0) is 10.7 Å². The maximum absolute atomic E-state index is 13.8. The molecule has 1 aromatic carbocycles. The molecule has 0 amide bonds. The number of pyridine rings is 1. The lowest BCUT2D eigenvalue weighted by Gasteiger charge is -2.15. The molecule has 0 atom stereocenters. The molecule has 9 heteroatoms. The van der Waals surface area contributed by atoms with Crippen LogP contribution in [0.15, 0.2) is 49.1 Å². The Kier molecular flexibility index (Phi) is 6.01. The molecule has 0 saturated heterocycles. The first kappa shape index (κ1) is 19.9. The lowest BCUT2D eigenvalue weighted by atomic mass is 10.1. The van der Waals surface area contributed by atoms with Crippen LogP contribution < -0.4 is 9.47 Å². The maximum Gasteiger partial charge on any atom is 0.312 e. The van der Waals surface area contributed by atoms with E-state index in [4.69, 9.17) is 21.1 Å². The number of rotatable bonds is 7. The molecule has 0 unspecified atom stereocenters. The molecule has 0 radical (unpaired) electrons. The normalized spacial score (nSPS) is 11.3. The molecule has 0 fully saturated rings.